The molecule has 0 aliphatic rings. The molecule has 1 aromatic carbocycles. The third kappa shape index (κ3) is 5.65. The summed E-state index contributed by atoms with van der Waals surface area (Å²) in [5, 5.41) is 5.35. The van der Waals surface area contributed by atoms with E-state index in [9.17, 15) is 9.59 Å². The van der Waals surface area contributed by atoms with Crippen molar-refractivity contribution in [1.29, 1.82) is 0 Å². The van der Waals surface area contributed by atoms with E-state index in [4.69, 9.17) is 5.73 Å². The summed E-state index contributed by atoms with van der Waals surface area (Å²) in [5.41, 5.74) is 7.53. The Hall–Kier alpha value is -1.69. The summed E-state index contributed by atoms with van der Waals surface area (Å²) in [6.45, 7) is 4.27. The second-order valence-electron chi connectivity index (χ2n) is 4.09. The van der Waals surface area contributed by atoms with Gasteiger partial charge in [0.15, 0.2) is 0 Å². The van der Waals surface area contributed by atoms with Gasteiger partial charge in [0.25, 0.3) is 0 Å². The lowest BCUT2D eigenvalue weighted by Crippen LogP contribution is -2.34. The highest BCUT2D eigenvalue weighted by Crippen LogP contribution is 2.25. The maximum atomic E-state index is 11.6. The van der Waals surface area contributed by atoms with E-state index in [0.29, 0.717) is 18.8 Å². The zero-order valence-corrected chi connectivity index (χ0v) is 12.0. The lowest BCUT2D eigenvalue weighted by atomic mass is 10.2. The van der Waals surface area contributed by atoms with E-state index in [-0.39, 0.29) is 11.8 Å². The second kappa shape index (κ2) is 7.68. The van der Waals surface area contributed by atoms with Crippen molar-refractivity contribution in [3.8, 4) is 0 Å². The molecule has 0 saturated carbocycles. The summed E-state index contributed by atoms with van der Waals surface area (Å²) in [5.74, 6) is 0.181. The van der Waals surface area contributed by atoms with Crippen LogP contribution >= 0.6 is 11.8 Å². The van der Waals surface area contributed by atoms with Crippen molar-refractivity contribution in [2.45, 2.75) is 18.7 Å². The monoisotopic (exact) mass is 281 g/mol. The molecule has 0 saturated heterocycles. The number of rotatable bonds is 6. The zero-order chi connectivity index (χ0) is 14.3. The summed E-state index contributed by atoms with van der Waals surface area (Å²) >= 11 is 1.45. The third-order valence-electron chi connectivity index (χ3n) is 2.51. The molecule has 0 bridgehead atoms. The van der Waals surface area contributed by atoms with E-state index in [0.717, 1.165) is 16.1 Å². The van der Waals surface area contributed by atoms with E-state index < -0.39 is 0 Å². The highest BCUT2D eigenvalue weighted by Gasteiger charge is 2.05. The lowest BCUT2D eigenvalue weighted by molar-refractivity contribution is -0.120. The van der Waals surface area contributed by atoms with E-state index in [1.54, 1.807) is 0 Å². The van der Waals surface area contributed by atoms with Gasteiger partial charge in [0.05, 0.1) is 5.75 Å². The number of nitrogens with two attached hydrogens (primary N) is 1. The predicted octanol–water partition coefficient (Wildman–Crippen LogP) is 0.922. The van der Waals surface area contributed by atoms with E-state index >= 15 is 0 Å². The molecule has 1 rings (SSSR count). The molecular weight excluding hydrogens is 262 g/mol. The van der Waals surface area contributed by atoms with Gasteiger partial charge in [-0.1, -0.05) is 6.07 Å². The first-order valence-corrected chi connectivity index (χ1v) is 6.98. The van der Waals surface area contributed by atoms with E-state index in [2.05, 4.69) is 10.6 Å². The van der Waals surface area contributed by atoms with Gasteiger partial charge in [-0.2, -0.15) is 0 Å². The van der Waals surface area contributed by atoms with Gasteiger partial charge in [-0.15, -0.1) is 11.8 Å². The normalized spacial score (nSPS) is 10.0. The predicted molar refractivity (Wildman–Crippen MR) is 78.0 cm³/mol. The first-order chi connectivity index (χ1) is 9.00. The number of hydrogen-bond acceptors (Lipinski definition) is 4. The molecule has 0 spiro atoms. The number of benzene rings is 1. The Morgan fingerprint density at radius 3 is 2.63 bits per heavy atom. The fourth-order valence-corrected chi connectivity index (χ4v) is 2.32. The van der Waals surface area contributed by atoms with Crippen molar-refractivity contribution in [2.24, 2.45) is 0 Å². The van der Waals surface area contributed by atoms with Crippen molar-refractivity contribution in [2.75, 3.05) is 24.6 Å². The number of nitrogen functional groups attached to an aromatic ring is 1. The second-order valence-corrected chi connectivity index (χ2v) is 5.11. The Kier molecular flexibility index (Phi) is 6.21. The highest BCUT2D eigenvalue weighted by molar-refractivity contribution is 8.00. The van der Waals surface area contributed by atoms with Crippen LogP contribution in [0.3, 0.4) is 0 Å². The number of anilines is 1. The largest absolute Gasteiger partial charge is 0.398 e. The van der Waals surface area contributed by atoms with Crippen molar-refractivity contribution in [3.05, 3.63) is 23.8 Å². The van der Waals surface area contributed by atoms with Crippen LogP contribution in [0.25, 0.3) is 0 Å². The standard InChI is InChI=1S/C13H19N3O2S/c1-9-11(14)4-3-5-12(9)19-8-13(18)16-7-6-15-10(2)17/h3-5H,6-8,14H2,1-2H3,(H,15,17)(H,16,18). The molecule has 19 heavy (non-hydrogen) atoms. The SMILES string of the molecule is CC(=O)NCCNC(=O)CSc1cccc(N)c1C. The highest BCUT2D eigenvalue weighted by atomic mass is 32.2. The smallest absolute Gasteiger partial charge is 0.230 e. The van der Waals surface area contributed by atoms with Gasteiger partial charge in [0.1, 0.15) is 0 Å². The Labute approximate surface area is 117 Å². The van der Waals surface area contributed by atoms with E-state index in [1.807, 2.05) is 25.1 Å². The molecule has 1 aromatic rings. The van der Waals surface area contributed by atoms with Gasteiger partial charge in [-0.3, -0.25) is 9.59 Å². The van der Waals surface area contributed by atoms with E-state index in [1.165, 1.54) is 18.7 Å². The summed E-state index contributed by atoms with van der Waals surface area (Å²) in [7, 11) is 0. The van der Waals surface area contributed by atoms with Gasteiger partial charge in [-0.25, -0.2) is 0 Å². The quantitative estimate of drug-likeness (QED) is 0.411. The number of carbonyl (C=O) groups excluding carboxylic acids is 2. The van der Waals surface area contributed by atoms with Gasteiger partial charge in [0, 0.05) is 30.6 Å². The Morgan fingerprint density at radius 2 is 1.95 bits per heavy atom. The molecule has 0 radical (unpaired) electrons. The molecule has 0 unspecified atom stereocenters. The third-order valence-corrected chi connectivity index (χ3v) is 3.67. The summed E-state index contributed by atoms with van der Waals surface area (Å²) in [6.07, 6.45) is 0. The van der Waals surface area contributed by atoms with Gasteiger partial charge in [-0.05, 0) is 24.6 Å². The van der Waals surface area contributed by atoms with Crippen LogP contribution in [0.15, 0.2) is 23.1 Å². The maximum Gasteiger partial charge on any atom is 0.230 e. The Morgan fingerprint density at radius 1 is 1.26 bits per heavy atom. The maximum absolute atomic E-state index is 11.6. The average molecular weight is 281 g/mol. The summed E-state index contributed by atoms with van der Waals surface area (Å²) in [6, 6.07) is 5.66. The Bertz CT molecular complexity index is 463. The molecular formula is C13H19N3O2S. The van der Waals surface area contributed by atoms with Gasteiger partial charge < -0.3 is 16.4 Å². The van der Waals surface area contributed by atoms with Crippen LogP contribution in [0.5, 0.6) is 0 Å². The first kappa shape index (κ1) is 15.4. The van der Waals surface area contributed by atoms with Crippen LogP contribution in [0, 0.1) is 6.92 Å². The average Bonchev–Trinajstić information content (AvgIpc) is 2.36. The van der Waals surface area contributed by atoms with Gasteiger partial charge in [0.2, 0.25) is 11.8 Å². The fraction of sp³-hybridized carbons (Fsp3) is 0.385. The molecule has 0 atom stereocenters. The summed E-state index contributed by atoms with van der Waals surface area (Å²) < 4.78 is 0. The molecule has 0 fully saturated rings. The van der Waals surface area contributed by atoms with Crippen molar-refractivity contribution in [1.82, 2.24) is 10.6 Å². The molecule has 104 valence electrons. The fourth-order valence-electron chi connectivity index (χ4n) is 1.42. The minimum atomic E-state index is -0.0981. The lowest BCUT2D eigenvalue weighted by Gasteiger charge is -2.08. The van der Waals surface area contributed by atoms with Crippen LogP contribution in [0.2, 0.25) is 0 Å². The van der Waals surface area contributed by atoms with Crippen molar-refractivity contribution < 1.29 is 9.59 Å². The number of hydrogen-bond donors (Lipinski definition) is 3. The van der Waals surface area contributed by atoms with Crippen LogP contribution < -0.4 is 16.4 Å². The van der Waals surface area contributed by atoms with Crippen LogP contribution in [0.4, 0.5) is 5.69 Å². The molecule has 0 aliphatic carbocycles. The van der Waals surface area contributed by atoms with Crippen molar-refractivity contribution >= 4 is 29.3 Å². The Balaban J connectivity index is 2.30. The van der Waals surface area contributed by atoms with Crippen molar-refractivity contribution in [3.63, 3.8) is 0 Å². The molecule has 2 amide bonds. The molecule has 0 aliphatic heterocycles. The number of thioether (sulfide) groups is 1. The number of nitrogens with one attached hydrogen (secondary N) is 2. The molecule has 5 nitrogen and oxygen atoms in total. The molecule has 0 heterocycles. The molecule has 4 N–H and O–H groups in total. The van der Waals surface area contributed by atoms with Crippen LogP contribution in [-0.4, -0.2) is 30.7 Å². The molecule has 0 aromatic heterocycles. The minimum absolute atomic E-state index is 0.0582. The van der Waals surface area contributed by atoms with Gasteiger partial charge >= 0.3 is 0 Å². The number of carbonyl (C=O) groups is 2. The summed E-state index contributed by atoms with van der Waals surface area (Å²) in [4.78, 5) is 23.2. The zero-order valence-electron chi connectivity index (χ0n) is 11.2. The van der Waals surface area contributed by atoms with Crippen LogP contribution in [-0.2, 0) is 9.59 Å². The minimum Gasteiger partial charge on any atom is -0.398 e. The molecule has 6 heteroatoms. The topological polar surface area (TPSA) is 84.2 Å². The number of amides is 2. The van der Waals surface area contributed by atoms with Crippen LogP contribution in [0.1, 0.15) is 12.5 Å². The first-order valence-electron chi connectivity index (χ1n) is 5.99.